The third-order valence-electron chi connectivity index (χ3n) is 5.98. The molecule has 1 N–H and O–H groups in total. The van der Waals surface area contributed by atoms with Crippen LogP contribution < -0.4 is 10.2 Å². The molecule has 0 saturated carbocycles. The minimum Gasteiger partial charge on any atom is -0.314 e. The zero-order valence-electron chi connectivity index (χ0n) is 17.5. The first kappa shape index (κ1) is 21.4. The number of nitrogens with zero attached hydrogens (tertiary/aromatic N) is 5. The summed E-state index contributed by atoms with van der Waals surface area (Å²) in [4.78, 5) is 33.9. The van der Waals surface area contributed by atoms with Crippen LogP contribution in [0.15, 0.2) is 30.0 Å². The number of rotatable bonds is 3. The molecule has 0 spiro atoms. The van der Waals surface area contributed by atoms with E-state index in [1.54, 1.807) is 27.5 Å². The van der Waals surface area contributed by atoms with Gasteiger partial charge in [-0.2, -0.15) is 5.10 Å². The van der Waals surface area contributed by atoms with Crippen LogP contribution in [-0.2, 0) is 17.9 Å². The van der Waals surface area contributed by atoms with Gasteiger partial charge < -0.3 is 15.1 Å². The van der Waals surface area contributed by atoms with Crippen LogP contribution in [0.3, 0.4) is 0 Å². The average molecular weight is 479 g/mol. The highest BCUT2D eigenvalue weighted by atomic mass is 32.1. The Morgan fingerprint density at radius 2 is 1.97 bits per heavy atom. The van der Waals surface area contributed by atoms with Gasteiger partial charge in [-0.05, 0) is 6.92 Å². The molecule has 4 heterocycles. The Bertz CT molecular complexity index is 1210. The molecule has 0 radical (unpaired) electrons. The number of benzene rings is 1. The Balaban J connectivity index is 0.00000274. The van der Waals surface area contributed by atoms with E-state index in [4.69, 9.17) is 0 Å². The molecule has 1 unspecified atom stereocenters. The van der Waals surface area contributed by atoms with Crippen molar-refractivity contribution in [3.8, 4) is 0 Å². The number of carbonyl (C=O) groups excluding carboxylic acids is 2. The van der Waals surface area contributed by atoms with Gasteiger partial charge in [0, 0.05) is 49.2 Å². The fraction of sp³-hybridized carbons (Fsp3) is 0.333. The van der Waals surface area contributed by atoms with Gasteiger partial charge in [0.15, 0.2) is 17.5 Å². The molecule has 3 amide bonds. The number of hydrogen-bond donors (Lipinski definition) is 1. The smallest absolute Gasteiger partial charge is 0.314 e. The molecule has 0 aliphatic carbocycles. The predicted octanol–water partition coefficient (Wildman–Crippen LogP) is 3.96. The van der Waals surface area contributed by atoms with Crippen molar-refractivity contribution in [1.82, 2.24) is 19.7 Å². The summed E-state index contributed by atoms with van der Waals surface area (Å²) in [6, 6.07) is 0.577. The van der Waals surface area contributed by atoms with Crippen LogP contribution in [0.2, 0.25) is 0 Å². The van der Waals surface area contributed by atoms with Crippen molar-refractivity contribution in [2.45, 2.75) is 38.4 Å². The van der Waals surface area contributed by atoms with Gasteiger partial charge in [-0.15, -0.1) is 11.3 Å². The number of carbonyl (C=O) groups is 2. The Morgan fingerprint density at radius 1 is 1.21 bits per heavy atom. The van der Waals surface area contributed by atoms with E-state index in [1.807, 2.05) is 6.92 Å². The Labute approximate surface area is 192 Å². The second-order valence-electron chi connectivity index (χ2n) is 8.13. The first-order chi connectivity index (χ1) is 15.8. The second kappa shape index (κ2) is 8.18. The van der Waals surface area contributed by atoms with Crippen LogP contribution in [0.1, 0.15) is 31.3 Å². The Hall–Kier alpha value is -3.41. The summed E-state index contributed by atoms with van der Waals surface area (Å²) in [5.74, 6) is -4.36. The Kier molecular flexibility index (Phi) is 5.31. The van der Waals surface area contributed by atoms with Crippen LogP contribution >= 0.6 is 11.3 Å². The lowest BCUT2D eigenvalue weighted by Crippen LogP contribution is -2.47. The van der Waals surface area contributed by atoms with E-state index in [0.717, 1.165) is 17.0 Å². The number of aromatic nitrogens is 3. The van der Waals surface area contributed by atoms with E-state index in [2.05, 4.69) is 15.4 Å². The summed E-state index contributed by atoms with van der Waals surface area (Å²) in [5.41, 5.74) is 2.87. The minimum absolute atomic E-state index is 0. The van der Waals surface area contributed by atoms with Gasteiger partial charge in [0.1, 0.15) is 0 Å². The summed E-state index contributed by atoms with van der Waals surface area (Å²) >= 11 is 1.51. The summed E-state index contributed by atoms with van der Waals surface area (Å²) in [7, 11) is 0. The van der Waals surface area contributed by atoms with E-state index in [0.29, 0.717) is 30.9 Å². The van der Waals surface area contributed by atoms with Crippen LogP contribution in [0.25, 0.3) is 0 Å². The highest BCUT2D eigenvalue weighted by Gasteiger charge is 2.37. The number of halogens is 3. The molecule has 8 nitrogen and oxygen atoms in total. The number of fused-ring (bicyclic) bond motifs is 1. The molecular weight excluding hydrogens is 457 g/mol. The van der Waals surface area contributed by atoms with Crippen LogP contribution in [0.4, 0.5) is 29.3 Å². The highest BCUT2D eigenvalue weighted by Crippen LogP contribution is 2.36. The summed E-state index contributed by atoms with van der Waals surface area (Å²) in [6.07, 6.45) is 3.77. The van der Waals surface area contributed by atoms with Crippen molar-refractivity contribution in [3.05, 3.63) is 58.1 Å². The lowest BCUT2D eigenvalue weighted by atomic mass is 10.1. The largest absolute Gasteiger partial charge is 0.322 e. The molecule has 174 valence electrons. The average Bonchev–Trinajstić information content (AvgIpc) is 3.50. The second-order valence-corrected chi connectivity index (χ2v) is 9.05. The maximum atomic E-state index is 13.5. The van der Waals surface area contributed by atoms with Crippen molar-refractivity contribution in [2.24, 2.45) is 0 Å². The highest BCUT2D eigenvalue weighted by molar-refractivity contribution is 7.09. The number of nitrogens with one attached hydrogen (secondary N) is 1. The van der Waals surface area contributed by atoms with Gasteiger partial charge in [0.25, 0.3) is 0 Å². The van der Waals surface area contributed by atoms with Crippen molar-refractivity contribution in [3.63, 3.8) is 0 Å². The number of hydrogen-bond acceptors (Lipinski definition) is 5. The first-order valence-corrected chi connectivity index (χ1v) is 11.2. The first-order valence-electron chi connectivity index (χ1n) is 10.3. The number of thiazole rings is 1. The SMILES string of the molecule is C[C@H]1Cn2ncc(N3CC(c4cncs4)CC3=O)c2CN1C(=O)Nc1cc(F)c(F)c(F)c1.[HH]. The quantitative estimate of drug-likeness (QED) is 0.578. The zero-order valence-corrected chi connectivity index (χ0v) is 18.3. The molecule has 2 aliphatic rings. The molecule has 5 rings (SSSR count). The molecule has 0 bridgehead atoms. The topological polar surface area (TPSA) is 83.4 Å². The molecular formula is C21H21F3N6O2S. The van der Waals surface area contributed by atoms with Crippen molar-refractivity contribution < 1.29 is 24.2 Å². The maximum absolute atomic E-state index is 13.5. The third kappa shape index (κ3) is 3.84. The summed E-state index contributed by atoms with van der Waals surface area (Å²) in [5, 5.41) is 6.82. The molecule has 2 aromatic heterocycles. The maximum Gasteiger partial charge on any atom is 0.322 e. The normalized spacial score (nSPS) is 20.3. The van der Waals surface area contributed by atoms with Crippen molar-refractivity contribution >= 4 is 34.6 Å². The van der Waals surface area contributed by atoms with Gasteiger partial charge in [0.2, 0.25) is 5.91 Å². The molecule has 3 aromatic rings. The van der Waals surface area contributed by atoms with Gasteiger partial charge in [-0.25, -0.2) is 18.0 Å². The number of amides is 3. The van der Waals surface area contributed by atoms with Gasteiger partial charge in [-0.1, -0.05) is 0 Å². The van der Waals surface area contributed by atoms with Gasteiger partial charge in [-0.3, -0.25) is 14.5 Å². The third-order valence-corrected chi connectivity index (χ3v) is 6.92. The lowest BCUT2D eigenvalue weighted by Gasteiger charge is -2.35. The molecule has 12 heteroatoms. The predicted molar refractivity (Wildman–Crippen MR) is 117 cm³/mol. The van der Waals surface area contributed by atoms with E-state index >= 15 is 0 Å². The van der Waals surface area contributed by atoms with E-state index in [1.165, 1.54) is 16.2 Å². The van der Waals surface area contributed by atoms with Crippen molar-refractivity contribution in [1.29, 1.82) is 0 Å². The molecule has 2 aliphatic heterocycles. The molecule has 1 saturated heterocycles. The number of urea groups is 1. The molecule has 1 fully saturated rings. The van der Waals surface area contributed by atoms with Gasteiger partial charge >= 0.3 is 6.03 Å². The molecule has 2 atom stereocenters. The molecule has 33 heavy (non-hydrogen) atoms. The zero-order chi connectivity index (χ0) is 23.3. The fourth-order valence-corrected chi connectivity index (χ4v) is 4.98. The van der Waals surface area contributed by atoms with Gasteiger partial charge in [0.05, 0.1) is 42.2 Å². The van der Waals surface area contributed by atoms with E-state index in [-0.39, 0.29) is 31.5 Å². The Morgan fingerprint density at radius 3 is 2.67 bits per heavy atom. The van der Waals surface area contributed by atoms with E-state index < -0.39 is 23.5 Å². The van der Waals surface area contributed by atoms with Crippen LogP contribution in [0, 0.1) is 17.5 Å². The fourth-order valence-electron chi connectivity index (χ4n) is 4.27. The van der Waals surface area contributed by atoms with Crippen molar-refractivity contribution in [2.75, 3.05) is 16.8 Å². The van der Waals surface area contributed by atoms with Crippen LogP contribution in [-0.4, -0.2) is 44.2 Å². The standard InChI is InChI=1S/C21H19F3N6O2S.H2/c1-11-7-30-17(9-28(11)21(32)27-13-3-14(22)20(24)15(23)4-13)16(5-26-30)29-8-12(2-19(29)31)18-6-25-10-33-18;/h3-6,10-12H,2,7-9H2,1H3,(H,27,32);1H/t11-,12?;/m0./s1. The van der Waals surface area contributed by atoms with E-state index in [9.17, 15) is 22.8 Å². The molecule has 1 aromatic carbocycles. The summed E-state index contributed by atoms with van der Waals surface area (Å²) in [6.45, 7) is 2.84. The van der Waals surface area contributed by atoms with Crippen LogP contribution in [0.5, 0.6) is 0 Å². The lowest BCUT2D eigenvalue weighted by molar-refractivity contribution is -0.117. The monoisotopic (exact) mass is 478 g/mol. The summed E-state index contributed by atoms with van der Waals surface area (Å²) < 4.78 is 42.0. The minimum atomic E-state index is -1.60. The number of anilines is 2.